The van der Waals surface area contributed by atoms with Crippen molar-refractivity contribution in [2.45, 2.75) is 31.8 Å². The molecule has 0 saturated carbocycles. The minimum absolute atomic E-state index is 0.0716. The molecule has 0 aromatic carbocycles. The first kappa shape index (κ1) is 11.9. The number of rotatable bonds is 5. The number of amides is 1. The van der Waals surface area contributed by atoms with Crippen LogP contribution < -0.4 is 11.5 Å². The number of nitrogens with zero attached hydrogens (tertiary/aromatic N) is 3. The Bertz CT molecular complexity index is 389. The van der Waals surface area contributed by atoms with Gasteiger partial charge in [0.05, 0.1) is 6.04 Å². The first-order valence-electron chi connectivity index (χ1n) is 5.99. The molecular weight excluding hydrogens is 218 g/mol. The summed E-state index contributed by atoms with van der Waals surface area (Å²) in [4.78, 5) is 13.4. The molecule has 2 rings (SSSR count). The van der Waals surface area contributed by atoms with Crippen LogP contribution in [0.1, 0.15) is 19.3 Å². The Morgan fingerprint density at radius 1 is 1.53 bits per heavy atom. The lowest BCUT2D eigenvalue weighted by atomic mass is 10.2. The summed E-state index contributed by atoms with van der Waals surface area (Å²) in [5.74, 6) is 0.340. The first-order valence-corrected chi connectivity index (χ1v) is 5.99. The zero-order valence-corrected chi connectivity index (χ0v) is 9.88. The Labute approximate surface area is 101 Å². The molecule has 1 unspecified atom stereocenters. The van der Waals surface area contributed by atoms with Crippen molar-refractivity contribution in [2.75, 3.05) is 18.8 Å². The fourth-order valence-corrected chi connectivity index (χ4v) is 2.35. The summed E-state index contributed by atoms with van der Waals surface area (Å²) in [6, 6.07) is 1.71. The number of anilines is 1. The Morgan fingerprint density at radius 2 is 2.35 bits per heavy atom. The van der Waals surface area contributed by atoms with E-state index >= 15 is 0 Å². The van der Waals surface area contributed by atoms with E-state index in [1.54, 1.807) is 6.07 Å². The largest absolute Gasteiger partial charge is 0.382 e. The van der Waals surface area contributed by atoms with E-state index in [0.29, 0.717) is 5.82 Å². The van der Waals surface area contributed by atoms with Gasteiger partial charge in [-0.2, -0.15) is 5.10 Å². The topological polar surface area (TPSA) is 90.2 Å². The number of hydrogen-bond acceptors (Lipinski definition) is 4. The second-order valence-electron chi connectivity index (χ2n) is 4.45. The van der Waals surface area contributed by atoms with Gasteiger partial charge < -0.3 is 11.5 Å². The minimum Gasteiger partial charge on any atom is -0.382 e. The van der Waals surface area contributed by atoms with Gasteiger partial charge in [-0.1, -0.05) is 0 Å². The number of nitrogens with two attached hydrogens (primary N) is 2. The number of likely N-dealkylation sites (tertiary alicyclic amines) is 1. The maximum atomic E-state index is 11.2. The lowest BCUT2D eigenvalue weighted by Crippen LogP contribution is -2.40. The standard InChI is InChI=1S/C11H19N5O/c12-10-4-8-16(14-10)7-2-6-15-5-1-3-9(15)11(13)17/h4,8-9H,1-3,5-7H2,(H2,12,14)(H2,13,17). The summed E-state index contributed by atoms with van der Waals surface area (Å²) >= 11 is 0. The molecule has 0 aliphatic carbocycles. The molecule has 6 heteroatoms. The highest BCUT2D eigenvalue weighted by molar-refractivity contribution is 5.80. The number of carbonyl (C=O) groups excluding carboxylic acids is 1. The van der Waals surface area contributed by atoms with E-state index in [2.05, 4.69) is 10.00 Å². The van der Waals surface area contributed by atoms with Gasteiger partial charge in [0.1, 0.15) is 5.82 Å². The molecule has 0 bridgehead atoms. The number of aromatic nitrogens is 2. The average molecular weight is 237 g/mol. The van der Waals surface area contributed by atoms with Gasteiger partial charge in [0.2, 0.25) is 5.91 Å². The SMILES string of the molecule is NC(=O)C1CCCN1CCCn1ccc(N)n1. The second kappa shape index (κ2) is 5.18. The highest BCUT2D eigenvalue weighted by Gasteiger charge is 2.28. The van der Waals surface area contributed by atoms with Crippen molar-refractivity contribution in [3.63, 3.8) is 0 Å². The normalized spacial score (nSPS) is 20.8. The number of nitrogen functional groups attached to an aromatic ring is 1. The van der Waals surface area contributed by atoms with E-state index in [4.69, 9.17) is 11.5 Å². The molecular formula is C11H19N5O. The molecule has 1 aromatic heterocycles. The molecule has 0 radical (unpaired) electrons. The molecule has 4 N–H and O–H groups in total. The molecule has 1 fully saturated rings. The molecule has 1 saturated heterocycles. The summed E-state index contributed by atoms with van der Waals surface area (Å²) < 4.78 is 1.82. The highest BCUT2D eigenvalue weighted by atomic mass is 16.1. The summed E-state index contributed by atoms with van der Waals surface area (Å²) in [5.41, 5.74) is 10.9. The Hall–Kier alpha value is -1.56. The molecule has 1 amide bonds. The fraction of sp³-hybridized carbons (Fsp3) is 0.636. The summed E-state index contributed by atoms with van der Waals surface area (Å²) in [5, 5.41) is 4.11. The first-order chi connectivity index (χ1) is 8.16. The molecule has 17 heavy (non-hydrogen) atoms. The number of primary amides is 1. The van der Waals surface area contributed by atoms with E-state index in [1.807, 2.05) is 10.9 Å². The van der Waals surface area contributed by atoms with Crippen LogP contribution in [0.25, 0.3) is 0 Å². The predicted molar refractivity (Wildman–Crippen MR) is 65.0 cm³/mol. The number of aryl methyl sites for hydroxylation is 1. The zero-order chi connectivity index (χ0) is 12.3. The third kappa shape index (κ3) is 2.97. The van der Waals surface area contributed by atoms with Gasteiger partial charge in [-0.15, -0.1) is 0 Å². The molecule has 6 nitrogen and oxygen atoms in total. The smallest absolute Gasteiger partial charge is 0.234 e. The van der Waals surface area contributed by atoms with Crippen molar-refractivity contribution >= 4 is 11.7 Å². The molecule has 1 aromatic rings. The van der Waals surface area contributed by atoms with Crippen LogP contribution in [-0.2, 0) is 11.3 Å². The van der Waals surface area contributed by atoms with Gasteiger partial charge in [0.15, 0.2) is 0 Å². The lowest BCUT2D eigenvalue weighted by molar-refractivity contribution is -0.122. The second-order valence-corrected chi connectivity index (χ2v) is 4.45. The third-order valence-corrected chi connectivity index (χ3v) is 3.19. The van der Waals surface area contributed by atoms with Crippen LogP contribution in [0.2, 0.25) is 0 Å². The highest BCUT2D eigenvalue weighted by Crippen LogP contribution is 2.16. The summed E-state index contributed by atoms with van der Waals surface area (Å²) in [7, 11) is 0. The van der Waals surface area contributed by atoms with E-state index in [9.17, 15) is 4.79 Å². The number of hydrogen-bond donors (Lipinski definition) is 2. The van der Waals surface area contributed by atoms with Gasteiger partial charge in [0.25, 0.3) is 0 Å². The van der Waals surface area contributed by atoms with Crippen molar-refractivity contribution < 1.29 is 4.79 Å². The van der Waals surface area contributed by atoms with Crippen molar-refractivity contribution in [3.05, 3.63) is 12.3 Å². The Kier molecular flexibility index (Phi) is 3.63. The Balaban J connectivity index is 1.76. The lowest BCUT2D eigenvalue weighted by Gasteiger charge is -2.21. The third-order valence-electron chi connectivity index (χ3n) is 3.19. The maximum Gasteiger partial charge on any atom is 0.234 e. The van der Waals surface area contributed by atoms with Crippen molar-refractivity contribution in [1.29, 1.82) is 0 Å². The van der Waals surface area contributed by atoms with Gasteiger partial charge in [-0.3, -0.25) is 14.4 Å². The summed E-state index contributed by atoms with van der Waals surface area (Å²) in [6.45, 7) is 2.67. The molecule has 1 aliphatic heterocycles. The van der Waals surface area contributed by atoms with Crippen LogP contribution in [0.4, 0.5) is 5.82 Å². The van der Waals surface area contributed by atoms with Crippen LogP contribution in [-0.4, -0.2) is 39.7 Å². The minimum atomic E-state index is -0.203. The van der Waals surface area contributed by atoms with Crippen molar-refractivity contribution in [2.24, 2.45) is 5.73 Å². The van der Waals surface area contributed by atoms with Crippen LogP contribution in [0.3, 0.4) is 0 Å². The fourth-order valence-electron chi connectivity index (χ4n) is 2.35. The van der Waals surface area contributed by atoms with Crippen LogP contribution in [0, 0.1) is 0 Å². The van der Waals surface area contributed by atoms with Gasteiger partial charge in [-0.25, -0.2) is 0 Å². The zero-order valence-electron chi connectivity index (χ0n) is 9.88. The Morgan fingerprint density at radius 3 is 3.00 bits per heavy atom. The van der Waals surface area contributed by atoms with E-state index in [1.165, 1.54) is 0 Å². The molecule has 2 heterocycles. The molecule has 1 aliphatic rings. The van der Waals surface area contributed by atoms with E-state index < -0.39 is 0 Å². The maximum absolute atomic E-state index is 11.2. The molecule has 0 spiro atoms. The quantitative estimate of drug-likeness (QED) is 0.742. The van der Waals surface area contributed by atoms with E-state index in [0.717, 1.165) is 38.9 Å². The van der Waals surface area contributed by atoms with Crippen LogP contribution in [0.5, 0.6) is 0 Å². The molecule has 1 atom stereocenters. The van der Waals surface area contributed by atoms with E-state index in [-0.39, 0.29) is 11.9 Å². The van der Waals surface area contributed by atoms with Crippen molar-refractivity contribution in [1.82, 2.24) is 14.7 Å². The van der Waals surface area contributed by atoms with Gasteiger partial charge in [-0.05, 0) is 31.9 Å². The predicted octanol–water partition coefficient (Wildman–Crippen LogP) is -0.195. The average Bonchev–Trinajstić information content (AvgIpc) is 2.87. The summed E-state index contributed by atoms with van der Waals surface area (Å²) in [6.07, 6.45) is 4.77. The number of carbonyl (C=O) groups is 1. The van der Waals surface area contributed by atoms with Crippen LogP contribution >= 0.6 is 0 Å². The monoisotopic (exact) mass is 237 g/mol. The van der Waals surface area contributed by atoms with Crippen molar-refractivity contribution in [3.8, 4) is 0 Å². The van der Waals surface area contributed by atoms with Gasteiger partial charge >= 0.3 is 0 Å². The van der Waals surface area contributed by atoms with Gasteiger partial charge in [0, 0.05) is 19.3 Å². The molecule has 94 valence electrons. The van der Waals surface area contributed by atoms with Crippen LogP contribution in [0.15, 0.2) is 12.3 Å².